The van der Waals surface area contributed by atoms with E-state index in [-0.39, 0.29) is 5.91 Å². The van der Waals surface area contributed by atoms with Crippen LogP contribution in [0.1, 0.15) is 12.8 Å². The molecule has 3 aromatic rings. The molecule has 0 aliphatic rings. The van der Waals surface area contributed by atoms with E-state index in [2.05, 4.69) is 15.6 Å². The maximum Gasteiger partial charge on any atom is 0.246 e. The van der Waals surface area contributed by atoms with Crippen molar-refractivity contribution in [2.75, 3.05) is 10.6 Å². The number of aryl methyl sites for hydroxylation is 1. The number of hydrogen-bond donors (Lipinski definition) is 2. The van der Waals surface area contributed by atoms with Crippen LogP contribution in [0.15, 0.2) is 40.8 Å². The number of rotatable bonds is 4. The van der Waals surface area contributed by atoms with E-state index in [4.69, 9.17) is 27.6 Å². The number of nitrogens with zero attached hydrogens (tertiary/aromatic N) is 1. The molecule has 0 bridgehead atoms. The standard InChI is InChI=1S/C17H15Cl2N3O2/c1-9(17(23)22-14-7-11(18)3-5-13(14)19)20-12-4-6-16-15(8-12)21-10(2)24-16/h3-9,20H,1-2H3,(H,22,23). The van der Waals surface area contributed by atoms with Gasteiger partial charge in [-0.2, -0.15) is 0 Å². The van der Waals surface area contributed by atoms with Crippen molar-refractivity contribution in [2.24, 2.45) is 0 Å². The van der Waals surface area contributed by atoms with E-state index in [0.717, 1.165) is 11.2 Å². The first-order valence-corrected chi connectivity index (χ1v) is 8.07. The lowest BCUT2D eigenvalue weighted by atomic mass is 10.2. The molecule has 1 atom stereocenters. The van der Waals surface area contributed by atoms with Crippen LogP contribution in [0.25, 0.3) is 11.1 Å². The first-order valence-electron chi connectivity index (χ1n) is 7.32. The summed E-state index contributed by atoms with van der Waals surface area (Å²) in [6, 6.07) is 9.92. The van der Waals surface area contributed by atoms with Gasteiger partial charge in [-0.3, -0.25) is 4.79 Å². The fourth-order valence-corrected chi connectivity index (χ4v) is 2.62. The molecule has 0 radical (unpaired) electrons. The molecule has 0 fully saturated rings. The average Bonchev–Trinajstić information content (AvgIpc) is 2.90. The lowest BCUT2D eigenvalue weighted by Crippen LogP contribution is -2.31. The van der Waals surface area contributed by atoms with Gasteiger partial charge in [0.2, 0.25) is 5.91 Å². The number of oxazole rings is 1. The molecule has 1 amide bonds. The van der Waals surface area contributed by atoms with Gasteiger partial charge in [-0.05, 0) is 43.3 Å². The highest BCUT2D eigenvalue weighted by Gasteiger charge is 2.15. The maximum absolute atomic E-state index is 12.3. The van der Waals surface area contributed by atoms with Crippen LogP contribution in [-0.4, -0.2) is 16.9 Å². The Morgan fingerprint density at radius 2 is 2.00 bits per heavy atom. The Hall–Kier alpha value is -2.24. The zero-order valence-corrected chi connectivity index (χ0v) is 14.6. The van der Waals surface area contributed by atoms with Gasteiger partial charge in [-0.25, -0.2) is 4.98 Å². The van der Waals surface area contributed by atoms with Crippen LogP contribution in [0.2, 0.25) is 10.0 Å². The number of nitrogens with one attached hydrogen (secondary N) is 2. The first-order chi connectivity index (χ1) is 11.4. The molecule has 0 saturated heterocycles. The number of aromatic nitrogens is 1. The van der Waals surface area contributed by atoms with Gasteiger partial charge in [0.25, 0.3) is 0 Å². The van der Waals surface area contributed by atoms with Gasteiger partial charge in [0.1, 0.15) is 11.6 Å². The van der Waals surface area contributed by atoms with Crippen LogP contribution in [-0.2, 0) is 4.79 Å². The van der Waals surface area contributed by atoms with Crippen LogP contribution < -0.4 is 10.6 Å². The molecular weight excluding hydrogens is 349 g/mol. The summed E-state index contributed by atoms with van der Waals surface area (Å²) in [5.41, 5.74) is 2.70. The van der Waals surface area contributed by atoms with E-state index in [1.807, 2.05) is 18.2 Å². The number of fused-ring (bicyclic) bond motifs is 1. The minimum absolute atomic E-state index is 0.226. The highest BCUT2D eigenvalue weighted by atomic mass is 35.5. The Labute approximate surface area is 149 Å². The highest BCUT2D eigenvalue weighted by Crippen LogP contribution is 2.26. The predicted octanol–water partition coefficient (Wildman–Crippen LogP) is 4.88. The zero-order chi connectivity index (χ0) is 17.3. The van der Waals surface area contributed by atoms with Crippen LogP contribution in [0.4, 0.5) is 11.4 Å². The summed E-state index contributed by atoms with van der Waals surface area (Å²) >= 11 is 12.0. The third kappa shape index (κ3) is 3.63. The van der Waals surface area contributed by atoms with E-state index in [9.17, 15) is 4.79 Å². The number of benzene rings is 2. The van der Waals surface area contributed by atoms with Crippen LogP contribution >= 0.6 is 23.2 Å². The van der Waals surface area contributed by atoms with Crippen molar-refractivity contribution >= 4 is 51.6 Å². The van der Waals surface area contributed by atoms with Crippen molar-refractivity contribution in [3.8, 4) is 0 Å². The first kappa shape index (κ1) is 16.6. The van der Waals surface area contributed by atoms with Gasteiger partial charge < -0.3 is 15.1 Å². The van der Waals surface area contributed by atoms with Crippen molar-refractivity contribution in [3.63, 3.8) is 0 Å². The molecule has 0 saturated carbocycles. The molecule has 7 heteroatoms. The topological polar surface area (TPSA) is 67.2 Å². The lowest BCUT2D eigenvalue weighted by Gasteiger charge is -2.16. The smallest absolute Gasteiger partial charge is 0.246 e. The minimum Gasteiger partial charge on any atom is -0.441 e. The fraction of sp³-hybridized carbons (Fsp3) is 0.176. The van der Waals surface area contributed by atoms with Gasteiger partial charge in [-0.15, -0.1) is 0 Å². The number of anilines is 2. The normalized spacial score (nSPS) is 12.2. The summed E-state index contributed by atoms with van der Waals surface area (Å²) in [6.07, 6.45) is 0. The van der Waals surface area contributed by atoms with Gasteiger partial charge >= 0.3 is 0 Å². The third-order valence-corrected chi connectivity index (χ3v) is 4.02. The number of amides is 1. The Balaban J connectivity index is 1.71. The number of carbonyl (C=O) groups excluding carboxylic acids is 1. The molecule has 1 aromatic heterocycles. The van der Waals surface area contributed by atoms with Gasteiger partial charge in [0.15, 0.2) is 11.5 Å². The fourth-order valence-electron chi connectivity index (χ4n) is 2.28. The maximum atomic E-state index is 12.3. The molecule has 5 nitrogen and oxygen atoms in total. The highest BCUT2D eigenvalue weighted by molar-refractivity contribution is 6.35. The summed E-state index contributed by atoms with van der Waals surface area (Å²) < 4.78 is 5.43. The van der Waals surface area contributed by atoms with Gasteiger partial charge in [0.05, 0.1) is 10.7 Å². The largest absolute Gasteiger partial charge is 0.441 e. The summed E-state index contributed by atoms with van der Waals surface area (Å²) in [7, 11) is 0. The van der Waals surface area contributed by atoms with Crippen molar-refractivity contribution in [1.82, 2.24) is 4.98 Å². The zero-order valence-electron chi connectivity index (χ0n) is 13.1. The summed E-state index contributed by atoms with van der Waals surface area (Å²) in [5, 5.41) is 6.82. The van der Waals surface area contributed by atoms with E-state index < -0.39 is 6.04 Å². The molecule has 24 heavy (non-hydrogen) atoms. The molecule has 0 aliphatic heterocycles. The number of carbonyl (C=O) groups is 1. The Kier molecular flexibility index (Phi) is 4.64. The van der Waals surface area contributed by atoms with Crippen LogP contribution in [0.3, 0.4) is 0 Å². The Morgan fingerprint density at radius 3 is 2.79 bits per heavy atom. The Morgan fingerprint density at radius 1 is 1.21 bits per heavy atom. The van der Waals surface area contributed by atoms with E-state index in [1.54, 1.807) is 32.0 Å². The molecule has 0 aliphatic carbocycles. The summed E-state index contributed by atoms with van der Waals surface area (Å²) in [6.45, 7) is 3.55. The molecule has 2 N–H and O–H groups in total. The second kappa shape index (κ2) is 6.71. The molecule has 124 valence electrons. The SMILES string of the molecule is Cc1nc2cc(NC(C)C(=O)Nc3cc(Cl)ccc3Cl)ccc2o1. The number of halogens is 2. The quantitative estimate of drug-likeness (QED) is 0.692. The molecular formula is C17H15Cl2N3O2. The minimum atomic E-state index is -0.481. The molecule has 1 unspecified atom stereocenters. The molecule has 3 rings (SSSR count). The second-order valence-corrected chi connectivity index (χ2v) is 6.24. The van der Waals surface area contributed by atoms with Crippen molar-refractivity contribution in [1.29, 1.82) is 0 Å². The van der Waals surface area contributed by atoms with E-state index >= 15 is 0 Å². The van der Waals surface area contributed by atoms with Gasteiger partial charge in [-0.1, -0.05) is 23.2 Å². The summed E-state index contributed by atoms with van der Waals surface area (Å²) in [4.78, 5) is 16.6. The summed E-state index contributed by atoms with van der Waals surface area (Å²) in [5.74, 6) is 0.374. The average molecular weight is 364 g/mol. The molecule has 1 heterocycles. The number of hydrogen-bond acceptors (Lipinski definition) is 4. The third-order valence-electron chi connectivity index (χ3n) is 3.46. The van der Waals surface area contributed by atoms with Crippen molar-refractivity contribution < 1.29 is 9.21 Å². The lowest BCUT2D eigenvalue weighted by molar-refractivity contribution is -0.116. The van der Waals surface area contributed by atoms with Crippen LogP contribution in [0, 0.1) is 6.92 Å². The molecule has 0 spiro atoms. The predicted molar refractivity (Wildman–Crippen MR) is 96.9 cm³/mol. The van der Waals surface area contributed by atoms with Crippen molar-refractivity contribution in [2.45, 2.75) is 19.9 Å². The van der Waals surface area contributed by atoms with E-state index in [0.29, 0.717) is 27.2 Å². The van der Waals surface area contributed by atoms with Crippen molar-refractivity contribution in [3.05, 3.63) is 52.3 Å². The Bertz CT molecular complexity index is 908. The monoisotopic (exact) mass is 363 g/mol. The van der Waals surface area contributed by atoms with E-state index in [1.165, 1.54) is 0 Å². The molecule has 2 aromatic carbocycles. The van der Waals surface area contributed by atoms with Crippen LogP contribution in [0.5, 0.6) is 0 Å². The van der Waals surface area contributed by atoms with Gasteiger partial charge in [0, 0.05) is 17.6 Å². The second-order valence-electron chi connectivity index (χ2n) is 5.39.